The molecule has 0 aromatic heterocycles. The zero-order valence-electron chi connectivity index (χ0n) is 11.0. The standard InChI is InChI=1S/C14H15NO4/c1-8(2)14(19-9(3)16)15-12(17)10-6-4-5-7-11(10)13(15)18/h4-8,14H,1-3H3. The smallest absolute Gasteiger partial charge is 0.304 e. The fraction of sp³-hybridized carbons (Fsp3) is 0.357. The van der Waals surface area contributed by atoms with Crippen molar-refractivity contribution in [1.82, 2.24) is 4.90 Å². The van der Waals surface area contributed by atoms with Gasteiger partial charge in [0.25, 0.3) is 11.8 Å². The van der Waals surface area contributed by atoms with Crippen LogP contribution >= 0.6 is 0 Å². The van der Waals surface area contributed by atoms with Crippen molar-refractivity contribution in [3.63, 3.8) is 0 Å². The van der Waals surface area contributed by atoms with Crippen LogP contribution in [0.15, 0.2) is 24.3 Å². The average Bonchev–Trinajstić information content (AvgIpc) is 2.60. The number of imide groups is 1. The fourth-order valence-electron chi connectivity index (χ4n) is 2.10. The summed E-state index contributed by atoms with van der Waals surface area (Å²) < 4.78 is 5.11. The van der Waals surface area contributed by atoms with Crippen molar-refractivity contribution in [1.29, 1.82) is 0 Å². The third-order valence-corrected chi connectivity index (χ3v) is 2.94. The second kappa shape index (κ2) is 4.84. The first-order chi connectivity index (χ1) is 8.93. The molecule has 1 aliphatic heterocycles. The lowest BCUT2D eigenvalue weighted by atomic mass is 10.1. The zero-order chi connectivity index (χ0) is 14.2. The molecule has 0 saturated carbocycles. The van der Waals surface area contributed by atoms with Crippen LogP contribution < -0.4 is 0 Å². The number of ether oxygens (including phenoxy) is 1. The molecular weight excluding hydrogens is 246 g/mol. The van der Waals surface area contributed by atoms with E-state index in [1.807, 2.05) is 0 Å². The molecule has 1 heterocycles. The minimum atomic E-state index is -0.870. The molecule has 19 heavy (non-hydrogen) atoms. The minimum absolute atomic E-state index is 0.175. The molecule has 0 N–H and O–H groups in total. The van der Waals surface area contributed by atoms with Crippen LogP contribution in [0.2, 0.25) is 0 Å². The Labute approximate surface area is 111 Å². The number of carbonyl (C=O) groups is 3. The number of rotatable bonds is 3. The van der Waals surface area contributed by atoms with Crippen molar-refractivity contribution in [2.45, 2.75) is 27.0 Å². The molecule has 0 aliphatic carbocycles. The third-order valence-electron chi connectivity index (χ3n) is 2.94. The lowest BCUT2D eigenvalue weighted by Crippen LogP contribution is -2.45. The van der Waals surface area contributed by atoms with Crippen LogP contribution in [-0.4, -0.2) is 28.9 Å². The second-order valence-electron chi connectivity index (χ2n) is 4.77. The van der Waals surface area contributed by atoms with E-state index in [4.69, 9.17) is 4.74 Å². The summed E-state index contributed by atoms with van der Waals surface area (Å²) in [6.07, 6.45) is -0.870. The van der Waals surface area contributed by atoms with Gasteiger partial charge in [0.1, 0.15) is 0 Å². The number of amides is 2. The van der Waals surface area contributed by atoms with Crippen LogP contribution in [0.4, 0.5) is 0 Å². The molecule has 1 unspecified atom stereocenters. The molecule has 100 valence electrons. The van der Waals surface area contributed by atoms with Gasteiger partial charge in [0.2, 0.25) is 0 Å². The maximum absolute atomic E-state index is 12.2. The number of hydrogen-bond donors (Lipinski definition) is 0. The Morgan fingerprint density at radius 1 is 1.11 bits per heavy atom. The van der Waals surface area contributed by atoms with Gasteiger partial charge in [0, 0.05) is 12.8 Å². The monoisotopic (exact) mass is 261 g/mol. The lowest BCUT2D eigenvalue weighted by Gasteiger charge is -2.28. The molecule has 1 aromatic carbocycles. The first-order valence-corrected chi connectivity index (χ1v) is 6.07. The van der Waals surface area contributed by atoms with Gasteiger partial charge in [0.05, 0.1) is 11.1 Å². The lowest BCUT2D eigenvalue weighted by molar-refractivity contribution is -0.155. The van der Waals surface area contributed by atoms with Gasteiger partial charge in [-0.25, -0.2) is 4.90 Å². The Balaban J connectivity index is 2.39. The number of fused-ring (bicyclic) bond motifs is 1. The Hall–Kier alpha value is -2.17. The molecular formula is C14H15NO4. The van der Waals surface area contributed by atoms with E-state index >= 15 is 0 Å². The van der Waals surface area contributed by atoms with E-state index in [-0.39, 0.29) is 5.92 Å². The average molecular weight is 261 g/mol. The number of carbonyl (C=O) groups excluding carboxylic acids is 3. The van der Waals surface area contributed by atoms with E-state index < -0.39 is 24.0 Å². The maximum atomic E-state index is 12.2. The molecule has 5 nitrogen and oxygen atoms in total. The molecule has 0 radical (unpaired) electrons. The van der Waals surface area contributed by atoms with E-state index in [1.165, 1.54) is 6.92 Å². The normalized spacial score (nSPS) is 15.7. The van der Waals surface area contributed by atoms with E-state index in [0.29, 0.717) is 11.1 Å². The highest BCUT2D eigenvalue weighted by atomic mass is 16.6. The summed E-state index contributed by atoms with van der Waals surface area (Å²) in [6, 6.07) is 6.59. The second-order valence-corrected chi connectivity index (χ2v) is 4.77. The predicted octanol–water partition coefficient (Wildman–Crippen LogP) is 1.83. The van der Waals surface area contributed by atoms with E-state index in [2.05, 4.69) is 0 Å². The van der Waals surface area contributed by atoms with Gasteiger partial charge < -0.3 is 4.74 Å². The molecule has 0 bridgehead atoms. The van der Waals surface area contributed by atoms with Crippen LogP contribution in [0, 0.1) is 5.92 Å². The van der Waals surface area contributed by atoms with Crippen LogP contribution in [-0.2, 0) is 9.53 Å². The largest absolute Gasteiger partial charge is 0.441 e. The van der Waals surface area contributed by atoms with Gasteiger partial charge in [-0.1, -0.05) is 26.0 Å². The Bertz CT molecular complexity index is 515. The Morgan fingerprint density at radius 3 is 1.95 bits per heavy atom. The molecule has 0 fully saturated rings. The summed E-state index contributed by atoms with van der Waals surface area (Å²) in [7, 11) is 0. The van der Waals surface area contributed by atoms with Crippen LogP contribution in [0.1, 0.15) is 41.5 Å². The number of benzene rings is 1. The molecule has 2 amide bonds. The van der Waals surface area contributed by atoms with Crippen LogP contribution in [0.3, 0.4) is 0 Å². The van der Waals surface area contributed by atoms with E-state index in [0.717, 1.165) is 4.90 Å². The SMILES string of the molecule is CC(=O)OC(C(C)C)N1C(=O)c2ccccc2C1=O. The van der Waals surface area contributed by atoms with Gasteiger partial charge in [-0.05, 0) is 12.1 Å². The molecule has 1 aromatic rings. The fourth-order valence-corrected chi connectivity index (χ4v) is 2.10. The summed E-state index contributed by atoms with van der Waals surface area (Å²) in [4.78, 5) is 36.7. The number of esters is 1. The minimum Gasteiger partial charge on any atom is -0.441 e. The maximum Gasteiger partial charge on any atom is 0.304 e. The molecule has 1 aliphatic rings. The summed E-state index contributed by atoms with van der Waals surface area (Å²) in [6.45, 7) is 4.84. The van der Waals surface area contributed by atoms with Crippen LogP contribution in [0.5, 0.6) is 0 Å². The molecule has 1 atom stereocenters. The highest BCUT2D eigenvalue weighted by molar-refractivity contribution is 6.21. The summed E-state index contributed by atoms with van der Waals surface area (Å²) >= 11 is 0. The molecule has 0 spiro atoms. The van der Waals surface area contributed by atoms with E-state index in [9.17, 15) is 14.4 Å². The number of nitrogens with zero attached hydrogens (tertiary/aromatic N) is 1. The first kappa shape index (κ1) is 13.3. The van der Waals surface area contributed by atoms with E-state index in [1.54, 1.807) is 38.1 Å². The van der Waals surface area contributed by atoms with Gasteiger partial charge in [-0.2, -0.15) is 0 Å². The quantitative estimate of drug-likeness (QED) is 0.615. The van der Waals surface area contributed by atoms with Gasteiger partial charge in [0.15, 0.2) is 6.23 Å². The van der Waals surface area contributed by atoms with Crippen molar-refractivity contribution < 1.29 is 19.1 Å². The Morgan fingerprint density at radius 2 is 1.58 bits per heavy atom. The summed E-state index contributed by atoms with van der Waals surface area (Å²) in [5, 5.41) is 0. The summed E-state index contributed by atoms with van der Waals surface area (Å²) in [5.41, 5.74) is 0.704. The summed E-state index contributed by atoms with van der Waals surface area (Å²) in [5.74, 6) is -1.53. The topological polar surface area (TPSA) is 63.7 Å². The molecule has 2 rings (SSSR count). The first-order valence-electron chi connectivity index (χ1n) is 6.07. The van der Waals surface area contributed by atoms with Gasteiger partial charge >= 0.3 is 5.97 Å². The number of hydrogen-bond acceptors (Lipinski definition) is 4. The van der Waals surface area contributed by atoms with Crippen molar-refractivity contribution in [2.24, 2.45) is 5.92 Å². The van der Waals surface area contributed by atoms with Crippen molar-refractivity contribution in [3.8, 4) is 0 Å². The molecule has 5 heteroatoms. The highest BCUT2D eigenvalue weighted by Gasteiger charge is 2.42. The third kappa shape index (κ3) is 2.23. The molecule has 0 saturated heterocycles. The predicted molar refractivity (Wildman–Crippen MR) is 67.3 cm³/mol. The van der Waals surface area contributed by atoms with Crippen molar-refractivity contribution in [3.05, 3.63) is 35.4 Å². The highest BCUT2D eigenvalue weighted by Crippen LogP contribution is 2.27. The van der Waals surface area contributed by atoms with Gasteiger partial charge in [-0.3, -0.25) is 14.4 Å². The van der Waals surface area contributed by atoms with Gasteiger partial charge in [-0.15, -0.1) is 0 Å². The van der Waals surface area contributed by atoms with Crippen molar-refractivity contribution >= 4 is 17.8 Å². The zero-order valence-corrected chi connectivity index (χ0v) is 11.0. The van der Waals surface area contributed by atoms with Crippen LogP contribution in [0.25, 0.3) is 0 Å². The van der Waals surface area contributed by atoms with Crippen molar-refractivity contribution in [2.75, 3.05) is 0 Å². The Kier molecular flexibility index (Phi) is 3.38.